The fraction of sp³-hybridized carbons (Fsp3) is 0.846. The summed E-state index contributed by atoms with van der Waals surface area (Å²) in [6.07, 6.45) is 7.66. The molecule has 5 heteroatoms. The van der Waals surface area contributed by atoms with Crippen molar-refractivity contribution in [1.29, 1.82) is 0 Å². The predicted octanol–water partition coefficient (Wildman–Crippen LogP) is 1.66. The molecule has 2 aliphatic rings. The Morgan fingerprint density at radius 3 is 2.61 bits per heavy atom. The number of rotatable bonds is 4. The number of hydrogen-bond donors (Lipinski definition) is 2. The van der Waals surface area contributed by atoms with Crippen LogP contribution in [0, 0.1) is 0 Å². The largest absolute Gasteiger partial charge is 0.391 e. The Morgan fingerprint density at radius 1 is 1.33 bits per heavy atom. The first-order chi connectivity index (χ1) is 8.62. The first-order valence-electron chi connectivity index (χ1n) is 6.85. The van der Waals surface area contributed by atoms with Gasteiger partial charge in [0.2, 0.25) is 5.91 Å². The van der Waals surface area contributed by atoms with E-state index in [0.717, 1.165) is 45.1 Å². The molecule has 102 valence electrons. The van der Waals surface area contributed by atoms with Gasteiger partial charge in [-0.15, -0.1) is 0 Å². The zero-order valence-corrected chi connectivity index (χ0v) is 11.6. The minimum Gasteiger partial charge on any atom is -0.391 e. The second-order valence-corrected chi connectivity index (χ2v) is 5.83. The molecule has 1 aliphatic heterocycles. The maximum absolute atomic E-state index is 12.1. The van der Waals surface area contributed by atoms with Crippen LogP contribution in [-0.4, -0.2) is 29.1 Å². The molecule has 0 aromatic heterocycles. The topological polar surface area (TPSA) is 64.3 Å². The molecule has 1 amide bonds. The SMILES string of the molecule is NC(=S)C1(NC(=O)CC2CCCO2)CCCCC1. The third-order valence-electron chi connectivity index (χ3n) is 3.99. The van der Waals surface area contributed by atoms with Gasteiger partial charge in [0.05, 0.1) is 23.1 Å². The van der Waals surface area contributed by atoms with Crippen molar-refractivity contribution < 1.29 is 9.53 Å². The Morgan fingerprint density at radius 2 is 2.06 bits per heavy atom. The summed E-state index contributed by atoms with van der Waals surface area (Å²) < 4.78 is 5.48. The van der Waals surface area contributed by atoms with E-state index in [1.165, 1.54) is 6.42 Å². The van der Waals surface area contributed by atoms with Crippen molar-refractivity contribution in [3.05, 3.63) is 0 Å². The first-order valence-corrected chi connectivity index (χ1v) is 7.26. The van der Waals surface area contributed by atoms with Gasteiger partial charge in [-0.2, -0.15) is 0 Å². The number of thiocarbonyl (C=S) groups is 1. The van der Waals surface area contributed by atoms with Crippen LogP contribution >= 0.6 is 12.2 Å². The minimum absolute atomic E-state index is 0.0246. The van der Waals surface area contributed by atoms with Crippen molar-refractivity contribution in [2.45, 2.75) is 63.0 Å². The second kappa shape index (κ2) is 5.97. The predicted molar refractivity (Wildman–Crippen MR) is 74.3 cm³/mol. The first kappa shape index (κ1) is 13.7. The fourth-order valence-electron chi connectivity index (χ4n) is 2.92. The molecule has 1 saturated carbocycles. The van der Waals surface area contributed by atoms with Crippen LogP contribution in [0.5, 0.6) is 0 Å². The Labute approximate surface area is 114 Å². The number of nitrogens with two attached hydrogens (primary N) is 1. The lowest BCUT2D eigenvalue weighted by Gasteiger charge is -2.37. The highest BCUT2D eigenvalue weighted by Gasteiger charge is 2.36. The molecule has 0 aromatic rings. The summed E-state index contributed by atoms with van der Waals surface area (Å²) in [5.41, 5.74) is 5.40. The number of carbonyl (C=O) groups is 1. The van der Waals surface area contributed by atoms with Gasteiger partial charge in [-0.25, -0.2) is 0 Å². The van der Waals surface area contributed by atoms with E-state index < -0.39 is 5.54 Å². The summed E-state index contributed by atoms with van der Waals surface area (Å²) >= 11 is 5.16. The Kier molecular flexibility index (Phi) is 4.56. The van der Waals surface area contributed by atoms with Crippen LogP contribution in [0.25, 0.3) is 0 Å². The Hall–Kier alpha value is -0.680. The molecule has 18 heavy (non-hydrogen) atoms. The average Bonchev–Trinajstić information content (AvgIpc) is 2.82. The zero-order chi connectivity index (χ0) is 13.0. The third-order valence-corrected chi connectivity index (χ3v) is 4.39. The van der Waals surface area contributed by atoms with Crippen molar-refractivity contribution in [2.24, 2.45) is 5.73 Å². The van der Waals surface area contributed by atoms with Gasteiger partial charge in [-0.3, -0.25) is 4.79 Å². The molecular formula is C13H22N2O2S. The molecule has 0 aromatic carbocycles. The lowest BCUT2D eigenvalue weighted by molar-refractivity contribution is -0.124. The van der Waals surface area contributed by atoms with E-state index in [1.54, 1.807) is 0 Å². The fourth-order valence-corrected chi connectivity index (χ4v) is 3.17. The van der Waals surface area contributed by atoms with E-state index in [4.69, 9.17) is 22.7 Å². The van der Waals surface area contributed by atoms with Gasteiger partial charge in [0.1, 0.15) is 0 Å². The highest BCUT2D eigenvalue weighted by molar-refractivity contribution is 7.80. The number of amides is 1. The summed E-state index contributed by atoms with van der Waals surface area (Å²) in [5.74, 6) is 0.0246. The molecule has 2 fully saturated rings. The molecule has 1 atom stereocenters. The van der Waals surface area contributed by atoms with Crippen molar-refractivity contribution in [2.75, 3.05) is 6.61 Å². The number of ether oxygens (including phenoxy) is 1. The van der Waals surface area contributed by atoms with E-state index in [0.29, 0.717) is 11.4 Å². The molecule has 2 rings (SSSR count). The highest BCUT2D eigenvalue weighted by Crippen LogP contribution is 2.29. The van der Waals surface area contributed by atoms with Gasteiger partial charge in [0.25, 0.3) is 0 Å². The van der Waals surface area contributed by atoms with Crippen LogP contribution in [0.15, 0.2) is 0 Å². The van der Waals surface area contributed by atoms with Crippen molar-refractivity contribution in [1.82, 2.24) is 5.32 Å². The molecule has 3 N–H and O–H groups in total. The van der Waals surface area contributed by atoms with Crippen LogP contribution in [0.2, 0.25) is 0 Å². The zero-order valence-electron chi connectivity index (χ0n) is 10.7. The number of hydrogen-bond acceptors (Lipinski definition) is 3. The van der Waals surface area contributed by atoms with E-state index in [-0.39, 0.29) is 12.0 Å². The van der Waals surface area contributed by atoms with Crippen LogP contribution < -0.4 is 11.1 Å². The molecule has 1 aliphatic carbocycles. The van der Waals surface area contributed by atoms with Crippen LogP contribution in [0.4, 0.5) is 0 Å². The molecule has 1 heterocycles. The summed E-state index contributed by atoms with van der Waals surface area (Å²) in [5, 5.41) is 3.07. The van der Waals surface area contributed by atoms with Crippen molar-refractivity contribution in [3.63, 3.8) is 0 Å². The van der Waals surface area contributed by atoms with Gasteiger partial charge in [-0.1, -0.05) is 31.5 Å². The molecule has 1 saturated heterocycles. The normalized spacial score (nSPS) is 26.8. The maximum atomic E-state index is 12.1. The van der Waals surface area contributed by atoms with E-state index in [1.807, 2.05) is 0 Å². The van der Waals surface area contributed by atoms with E-state index in [2.05, 4.69) is 5.32 Å². The Bertz CT molecular complexity index is 321. The molecule has 0 spiro atoms. The van der Waals surface area contributed by atoms with E-state index >= 15 is 0 Å². The van der Waals surface area contributed by atoms with Crippen LogP contribution in [0.3, 0.4) is 0 Å². The lowest BCUT2D eigenvalue weighted by Crippen LogP contribution is -2.58. The summed E-state index contributed by atoms with van der Waals surface area (Å²) in [6, 6.07) is 0. The van der Waals surface area contributed by atoms with Crippen molar-refractivity contribution >= 4 is 23.1 Å². The molecule has 4 nitrogen and oxygen atoms in total. The van der Waals surface area contributed by atoms with Crippen LogP contribution in [-0.2, 0) is 9.53 Å². The van der Waals surface area contributed by atoms with Crippen molar-refractivity contribution in [3.8, 4) is 0 Å². The number of carbonyl (C=O) groups excluding carboxylic acids is 1. The lowest BCUT2D eigenvalue weighted by atomic mass is 9.81. The quantitative estimate of drug-likeness (QED) is 0.763. The van der Waals surface area contributed by atoms with Gasteiger partial charge < -0.3 is 15.8 Å². The maximum Gasteiger partial charge on any atom is 0.223 e. The van der Waals surface area contributed by atoms with Gasteiger partial charge in [-0.05, 0) is 25.7 Å². The Balaban J connectivity index is 1.91. The highest BCUT2D eigenvalue weighted by atomic mass is 32.1. The van der Waals surface area contributed by atoms with E-state index in [9.17, 15) is 4.79 Å². The summed E-state index contributed by atoms with van der Waals surface area (Å²) in [4.78, 5) is 12.5. The monoisotopic (exact) mass is 270 g/mol. The molecule has 0 radical (unpaired) electrons. The van der Waals surface area contributed by atoms with Crippen LogP contribution in [0.1, 0.15) is 51.4 Å². The van der Waals surface area contributed by atoms with Gasteiger partial charge in [0, 0.05) is 6.61 Å². The second-order valence-electron chi connectivity index (χ2n) is 5.39. The summed E-state index contributed by atoms with van der Waals surface area (Å²) in [7, 11) is 0. The third kappa shape index (κ3) is 3.20. The standard InChI is InChI=1S/C13H22N2O2S/c14-12(18)13(6-2-1-3-7-13)15-11(16)9-10-5-4-8-17-10/h10H,1-9H2,(H2,14,18)(H,15,16). The molecule has 1 unspecified atom stereocenters. The number of nitrogens with one attached hydrogen (secondary N) is 1. The smallest absolute Gasteiger partial charge is 0.223 e. The average molecular weight is 270 g/mol. The summed E-state index contributed by atoms with van der Waals surface area (Å²) in [6.45, 7) is 0.776. The van der Waals surface area contributed by atoms with Gasteiger partial charge in [0.15, 0.2) is 0 Å². The molecule has 0 bridgehead atoms. The van der Waals surface area contributed by atoms with Gasteiger partial charge >= 0.3 is 0 Å². The molecular weight excluding hydrogens is 248 g/mol. The minimum atomic E-state index is -0.441.